The summed E-state index contributed by atoms with van der Waals surface area (Å²) >= 11 is 0. The molecule has 80 valence electrons. The lowest BCUT2D eigenvalue weighted by atomic mass is 10.1. The summed E-state index contributed by atoms with van der Waals surface area (Å²) in [5.74, 6) is 0.774. The molecule has 0 heterocycles. The van der Waals surface area contributed by atoms with Crippen molar-refractivity contribution in [3.05, 3.63) is 46.8 Å². The lowest BCUT2D eigenvalue weighted by Gasteiger charge is -2.00. The molecule has 2 aromatic carbocycles. The molecule has 0 nitrogen and oxygen atoms in total. The van der Waals surface area contributed by atoms with Crippen LogP contribution in [0.5, 0.6) is 0 Å². The van der Waals surface area contributed by atoms with Crippen LogP contribution in [0.3, 0.4) is 0 Å². The van der Waals surface area contributed by atoms with Gasteiger partial charge in [0.05, 0.1) is 0 Å². The van der Waals surface area contributed by atoms with E-state index in [1.54, 1.807) is 0 Å². The molecule has 3 rings (SSSR count). The van der Waals surface area contributed by atoms with Crippen molar-refractivity contribution in [2.24, 2.45) is 5.92 Å². The maximum absolute atomic E-state index is 2.38. The molecule has 0 aliphatic heterocycles. The number of hydrogen-bond donors (Lipinski definition) is 0. The first-order valence-corrected chi connectivity index (χ1v) is 6.02. The number of benzene rings is 2. The van der Waals surface area contributed by atoms with Gasteiger partial charge in [-0.05, 0) is 52.1 Å². The molecule has 0 saturated carbocycles. The SMILES string of the molecule is CC1CC=c2cc3ccccc3cc2=CC1. The van der Waals surface area contributed by atoms with Crippen molar-refractivity contribution in [3.63, 3.8) is 0 Å². The van der Waals surface area contributed by atoms with Crippen LogP contribution in [0.2, 0.25) is 0 Å². The Morgan fingerprint density at radius 3 is 1.88 bits per heavy atom. The van der Waals surface area contributed by atoms with Gasteiger partial charge in [-0.25, -0.2) is 0 Å². The van der Waals surface area contributed by atoms with Gasteiger partial charge in [-0.2, -0.15) is 0 Å². The molecule has 0 amide bonds. The predicted octanol–water partition coefficient (Wildman–Crippen LogP) is 2.83. The van der Waals surface area contributed by atoms with Gasteiger partial charge in [0, 0.05) is 0 Å². The monoisotopic (exact) mass is 208 g/mol. The van der Waals surface area contributed by atoms with E-state index in [-0.39, 0.29) is 0 Å². The molecule has 16 heavy (non-hydrogen) atoms. The van der Waals surface area contributed by atoms with E-state index in [0.717, 1.165) is 5.92 Å². The van der Waals surface area contributed by atoms with Crippen LogP contribution in [0.4, 0.5) is 0 Å². The Labute approximate surface area is 95.9 Å². The van der Waals surface area contributed by atoms with Crippen LogP contribution >= 0.6 is 0 Å². The van der Waals surface area contributed by atoms with Crippen molar-refractivity contribution >= 4 is 22.9 Å². The second-order valence-electron chi connectivity index (χ2n) is 4.81. The minimum absolute atomic E-state index is 0.774. The molecule has 0 bridgehead atoms. The molecule has 0 saturated heterocycles. The molecule has 0 aromatic heterocycles. The van der Waals surface area contributed by atoms with Gasteiger partial charge in [0.1, 0.15) is 0 Å². The van der Waals surface area contributed by atoms with E-state index >= 15 is 0 Å². The molecular weight excluding hydrogens is 192 g/mol. The quantitative estimate of drug-likeness (QED) is 0.624. The summed E-state index contributed by atoms with van der Waals surface area (Å²) in [5, 5.41) is 5.51. The Bertz CT molecular complexity index is 578. The summed E-state index contributed by atoms with van der Waals surface area (Å²) < 4.78 is 0. The standard InChI is InChI=1S/C16H16/c1-12-6-8-15-10-13-4-2-3-5-14(13)11-16(15)9-7-12/h2-5,8-12H,6-7H2,1H3. The zero-order valence-corrected chi connectivity index (χ0v) is 9.61. The maximum atomic E-state index is 2.38. The Morgan fingerprint density at radius 2 is 1.38 bits per heavy atom. The highest BCUT2D eigenvalue weighted by Gasteiger charge is 2.02. The first kappa shape index (κ1) is 9.65. The second-order valence-corrected chi connectivity index (χ2v) is 4.81. The van der Waals surface area contributed by atoms with Gasteiger partial charge in [0.25, 0.3) is 0 Å². The first-order chi connectivity index (χ1) is 7.83. The molecule has 0 spiro atoms. The van der Waals surface area contributed by atoms with E-state index < -0.39 is 0 Å². The number of fused-ring (bicyclic) bond motifs is 2. The van der Waals surface area contributed by atoms with Gasteiger partial charge in [-0.3, -0.25) is 0 Å². The van der Waals surface area contributed by atoms with Gasteiger partial charge in [-0.15, -0.1) is 0 Å². The van der Waals surface area contributed by atoms with Crippen LogP contribution in [0.1, 0.15) is 19.8 Å². The lowest BCUT2D eigenvalue weighted by molar-refractivity contribution is 0.636. The summed E-state index contributed by atoms with van der Waals surface area (Å²) in [6.07, 6.45) is 7.16. The van der Waals surface area contributed by atoms with Gasteiger partial charge >= 0.3 is 0 Å². The summed E-state index contributed by atoms with van der Waals surface area (Å²) in [5.41, 5.74) is 0. The number of rotatable bonds is 0. The molecule has 1 aliphatic carbocycles. The summed E-state index contributed by atoms with van der Waals surface area (Å²) in [6.45, 7) is 2.32. The smallest absolute Gasteiger partial charge is 0.0178 e. The first-order valence-electron chi connectivity index (χ1n) is 6.02. The molecule has 0 atom stereocenters. The largest absolute Gasteiger partial charge is 0.0764 e. The van der Waals surface area contributed by atoms with E-state index in [9.17, 15) is 0 Å². The van der Waals surface area contributed by atoms with Gasteiger partial charge in [-0.1, -0.05) is 43.3 Å². The summed E-state index contributed by atoms with van der Waals surface area (Å²) in [4.78, 5) is 0. The van der Waals surface area contributed by atoms with E-state index in [1.165, 1.54) is 34.1 Å². The van der Waals surface area contributed by atoms with Crippen molar-refractivity contribution in [3.8, 4) is 0 Å². The van der Waals surface area contributed by atoms with Gasteiger partial charge < -0.3 is 0 Å². The highest BCUT2D eigenvalue weighted by molar-refractivity contribution is 5.82. The van der Waals surface area contributed by atoms with Crippen LogP contribution in [-0.4, -0.2) is 0 Å². The molecule has 2 aromatic rings. The topological polar surface area (TPSA) is 0 Å². The Hall–Kier alpha value is -1.56. The van der Waals surface area contributed by atoms with E-state index in [1.807, 2.05) is 0 Å². The Kier molecular flexibility index (Phi) is 2.28. The van der Waals surface area contributed by atoms with Crippen LogP contribution in [0.25, 0.3) is 22.9 Å². The van der Waals surface area contributed by atoms with Crippen LogP contribution < -0.4 is 10.4 Å². The van der Waals surface area contributed by atoms with Crippen LogP contribution in [0.15, 0.2) is 36.4 Å². The maximum Gasteiger partial charge on any atom is -0.0178 e. The molecule has 0 fully saturated rings. The molecule has 0 N–H and O–H groups in total. The fourth-order valence-corrected chi connectivity index (χ4v) is 2.38. The third-order valence-electron chi connectivity index (χ3n) is 3.43. The highest BCUT2D eigenvalue weighted by Crippen LogP contribution is 2.12. The normalized spacial score (nSPS) is 16.1. The van der Waals surface area contributed by atoms with Gasteiger partial charge in [0.15, 0.2) is 0 Å². The van der Waals surface area contributed by atoms with E-state index in [0.29, 0.717) is 0 Å². The van der Waals surface area contributed by atoms with Crippen LogP contribution in [0, 0.1) is 5.92 Å². The average Bonchev–Trinajstić information content (AvgIpc) is 2.49. The van der Waals surface area contributed by atoms with Crippen molar-refractivity contribution in [2.75, 3.05) is 0 Å². The fourth-order valence-electron chi connectivity index (χ4n) is 2.38. The molecular formula is C16H16. The lowest BCUT2D eigenvalue weighted by Crippen LogP contribution is -2.23. The minimum atomic E-state index is 0.774. The zero-order valence-electron chi connectivity index (χ0n) is 9.61. The summed E-state index contributed by atoms with van der Waals surface area (Å²) in [6, 6.07) is 13.2. The zero-order chi connectivity index (χ0) is 11.0. The van der Waals surface area contributed by atoms with Crippen molar-refractivity contribution in [1.29, 1.82) is 0 Å². The molecule has 0 unspecified atom stereocenters. The van der Waals surface area contributed by atoms with Crippen molar-refractivity contribution in [2.45, 2.75) is 19.8 Å². The molecule has 0 radical (unpaired) electrons. The van der Waals surface area contributed by atoms with Crippen LogP contribution in [-0.2, 0) is 0 Å². The van der Waals surface area contributed by atoms with E-state index in [4.69, 9.17) is 0 Å². The molecule has 1 aliphatic rings. The Morgan fingerprint density at radius 1 is 0.875 bits per heavy atom. The van der Waals surface area contributed by atoms with E-state index in [2.05, 4.69) is 55.5 Å². The highest BCUT2D eigenvalue weighted by atomic mass is 14.1. The Balaban J connectivity index is 2.36. The molecule has 0 heteroatoms. The average molecular weight is 208 g/mol. The third-order valence-corrected chi connectivity index (χ3v) is 3.43. The van der Waals surface area contributed by atoms with Crippen molar-refractivity contribution < 1.29 is 0 Å². The van der Waals surface area contributed by atoms with Gasteiger partial charge in [0.2, 0.25) is 0 Å². The minimum Gasteiger partial charge on any atom is -0.0764 e. The summed E-state index contributed by atoms with van der Waals surface area (Å²) in [7, 11) is 0. The number of hydrogen-bond acceptors (Lipinski definition) is 0. The fraction of sp³-hybridized carbons (Fsp3) is 0.250. The van der Waals surface area contributed by atoms with Crippen molar-refractivity contribution in [1.82, 2.24) is 0 Å². The second kappa shape index (κ2) is 3.79. The third kappa shape index (κ3) is 1.65. The predicted molar refractivity (Wildman–Crippen MR) is 70.5 cm³/mol.